The van der Waals surface area contributed by atoms with Crippen molar-refractivity contribution in [1.82, 2.24) is 5.32 Å². The Morgan fingerprint density at radius 1 is 1.34 bits per heavy atom. The van der Waals surface area contributed by atoms with Crippen molar-refractivity contribution in [2.75, 3.05) is 10.7 Å². The van der Waals surface area contributed by atoms with E-state index in [0.717, 1.165) is 10.5 Å². The monoisotopic (exact) mass is 422 g/mol. The average Bonchev–Trinajstić information content (AvgIpc) is 2.68. The number of nitrogens with one attached hydrogen (secondary N) is 1. The second-order valence-electron chi connectivity index (χ2n) is 8.67. The highest BCUT2D eigenvalue weighted by molar-refractivity contribution is 7.99. The number of carbonyl (C=O) groups excluding carboxylic acids is 2. The van der Waals surface area contributed by atoms with Crippen LogP contribution >= 0.6 is 11.8 Å². The van der Waals surface area contributed by atoms with Gasteiger partial charge in [-0.1, -0.05) is 19.9 Å². The van der Waals surface area contributed by atoms with Crippen molar-refractivity contribution < 1.29 is 24.2 Å². The Balaban J connectivity index is 2.43. The van der Waals surface area contributed by atoms with Gasteiger partial charge < -0.3 is 15.2 Å². The van der Waals surface area contributed by atoms with Crippen molar-refractivity contribution in [1.29, 1.82) is 0 Å². The molecule has 2 atom stereocenters. The number of benzene rings is 1. The van der Waals surface area contributed by atoms with Crippen molar-refractivity contribution in [3.05, 3.63) is 23.8 Å². The standard InChI is InChI=1S/C21H30N2O5S/c1-12(2)9-16(19(25)26)23-15-8-7-13(3)10-17(15)29-11-14(18(23)24)22-20(27)28-21(4,5)6/h7-8,10,12,14,16H,9,11H2,1-6H3,(H,22,27)(H,25,26)/t14-,16-/m0/s1. The molecule has 2 N–H and O–H groups in total. The molecule has 0 saturated carbocycles. The summed E-state index contributed by atoms with van der Waals surface area (Å²) in [5, 5.41) is 12.5. The molecule has 160 valence electrons. The van der Waals surface area contributed by atoms with E-state index in [1.807, 2.05) is 32.9 Å². The topological polar surface area (TPSA) is 95.9 Å². The van der Waals surface area contributed by atoms with Crippen LogP contribution in [0.15, 0.2) is 23.1 Å². The number of hydrogen-bond donors (Lipinski definition) is 2. The molecule has 8 heteroatoms. The second kappa shape index (κ2) is 9.07. The average molecular weight is 423 g/mol. The third-order valence-corrected chi connectivity index (χ3v) is 5.44. The van der Waals surface area contributed by atoms with E-state index in [2.05, 4.69) is 5.32 Å². The highest BCUT2D eigenvalue weighted by Gasteiger charge is 2.39. The summed E-state index contributed by atoms with van der Waals surface area (Å²) in [5.74, 6) is -1.15. The minimum Gasteiger partial charge on any atom is -0.480 e. The van der Waals surface area contributed by atoms with E-state index in [1.54, 1.807) is 26.8 Å². The number of aliphatic carboxylic acids is 1. The first-order chi connectivity index (χ1) is 13.4. The molecule has 0 bridgehead atoms. The molecule has 0 spiro atoms. The van der Waals surface area contributed by atoms with E-state index < -0.39 is 35.7 Å². The fourth-order valence-electron chi connectivity index (χ4n) is 3.10. The number of fused-ring (bicyclic) bond motifs is 1. The number of anilines is 1. The predicted molar refractivity (Wildman–Crippen MR) is 113 cm³/mol. The predicted octanol–water partition coefficient (Wildman–Crippen LogP) is 3.83. The normalized spacial score (nSPS) is 18.1. The molecule has 2 amide bonds. The van der Waals surface area contributed by atoms with E-state index in [0.29, 0.717) is 17.9 Å². The number of carboxylic acids is 1. The van der Waals surface area contributed by atoms with Gasteiger partial charge >= 0.3 is 12.1 Å². The van der Waals surface area contributed by atoms with Crippen LogP contribution in [0.1, 0.15) is 46.6 Å². The summed E-state index contributed by atoms with van der Waals surface area (Å²) in [6.45, 7) is 11.0. The van der Waals surface area contributed by atoms with Gasteiger partial charge in [0.15, 0.2) is 0 Å². The zero-order valence-corrected chi connectivity index (χ0v) is 18.6. The number of alkyl carbamates (subject to hydrolysis) is 1. The number of aryl methyl sites for hydroxylation is 1. The van der Waals surface area contributed by atoms with Crippen molar-refractivity contribution >= 4 is 35.4 Å². The number of thioether (sulfide) groups is 1. The highest BCUT2D eigenvalue weighted by Crippen LogP contribution is 2.37. The lowest BCUT2D eigenvalue weighted by atomic mass is 10.0. The summed E-state index contributed by atoms with van der Waals surface area (Å²) >= 11 is 1.42. The fraction of sp³-hybridized carbons (Fsp3) is 0.571. The van der Waals surface area contributed by atoms with Gasteiger partial charge in [0, 0.05) is 10.6 Å². The van der Waals surface area contributed by atoms with Crippen molar-refractivity contribution in [3.8, 4) is 0 Å². The van der Waals surface area contributed by atoms with Crippen molar-refractivity contribution in [2.24, 2.45) is 5.92 Å². The number of carbonyl (C=O) groups is 3. The van der Waals surface area contributed by atoms with Gasteiger partial charge in [0.25, 0.3) is 5.91 Å². The van der Waals surface area contributed by atoms with Gasteiger partial charge in [-0.25, -0.2) is 9.59 Å². The maximum absolute atomic E-state index is 13.4. The molecule has 0 fully saturated rings. The zero-order chi connectivity index (χ0) is 21.9. The van der Waals surface area contributed by atoms with Crippen LogP contribution in [0.25, 0.3) is 0 Å². The van der Waals surface area contributed by atoms with Crippen LogP contribution in [-0.4, -0.2) is 46.5 Å². The first-order valence-electron chi connectivity index (χ1n) is 9.68. The Labute approximate surface area is 176 Å². The molecule has 29 heavy (non-hydrogen) atoms. The molecule has 1 aromatic carbocycles. The lowest BCUT2D eigenvalue weighted by Crippen LogP contribution is -2.55. The maximum atomic E-state index is 13.4. The number of nitrogens with zero attached hydrogens (tertiary/aromatic N) is 1. The Morgan fingerprint density at radius 2 is 2.00 bits per heavy atom. The Hall–Kier alpha value is -2.22. The van der Waals surface area contributed by atoms with E-state index in [-0.39, 0.29) is 5.92 Å². The number of hydrogen-bond acceptors (Lipinski definition) is 5. The maximum Gasteiger partial charge on any atom is 0.408 e. The van der Waals surface area contributed by atoms with Crippen LogP contribution in [0.5, 0.6) is 0 Å². The smallest absolute Gasteiger partial charge is 0.408 e. The highest BCUT2D eigenvalue weighted by atomic mass is 32.2. The molecule has 0 aliphatic carbocycles. The largest absolute Gasteiger partial charge is 0.480 e. The van der Waals surface area contributed by atoms with Crippen LogP contribution in [0.4, 0.5) is 10.5 Å². The third kappa shape index (κ3) is 6.13. The van der Waals surface area contributed by atoms with Gasteiger partial charge in [0.2, 0.25) is 0 Å². The molecule has 1 aliphatic rings. The summed E-state index contributed by atoms with van der Waals surface area (Å²) in [5.41, 5.74) is 0.872. The summed E-state index contributed by atoms with van der Waals surface area (Å²) in [6, 6.07) is 3.66. The van der Waals surface area contributed by atoms with E-state index in [9.17, 15) is 19.5 Å². The lowest BCUT2D eigenvalue weighted by Gasteiger charge is -2.32. The Bertz CT molecular complexity index is 788. The molecule has 1 aliphatic heterocycles. The van der Waals surface area contributed by atoms with Gasteiger partial charge in [-0.3, -0.25) is 9.69 Å². The van der Waals surface area contributed by atoms with E-state index in [4.69, 9.17) is 4.74 Å². The van der Waals surface area contributed by atoms with Crippen LogP contribution in [-0.2, 0) is 14.3 Å². The van der Waals surface area contributed by atoms with Gasteiger partial charge in [-0.05, 0) is 57.7 Å². The third-order valence-electron chi connectivity index (χ3n) is 4.30. The molecule has 7 nitrogen and oxygen atoms in total. The molecular weight excluding hydrogens is 392 g/mol. The van der Waals surface area contributed by atoms with E-state index in [1.165, 1.54) is 16.7 Å². The van der Waals surface area contributed by atoms with Crippen molar-refractivity contribution in [3.63, 3.8) is 0 Å². The van der Waals surface area contributed by atoms with Crippen LogP contribution in [0, 0.1) is 12.8 Å². The molecule has 2 rings (SSSR count). The van der Waals surface area contributed by atoms with Gasteiger partial charge in [-0.15, -0.1) is 11.8 Å². The van der Waals surface area contributed by atoms with Crippen LogP contribution in [0.3, 0.4) is 0 Å². The molecule has 0 unspecified atom stereocenters. The summed E-state index contributed by atoms with van der Waals surface area (Å²) in [7, 11) is 0. The van der Waals surface area contributed by atoms with Crippen LogP contribution < -0.4 is 10.2 Å². The first kappa shape index (κ1) is 23.1. The molecule has 1 heterocycles. The fourth-order valence-corrected chi connectivity index (χ4v) is 4.26. The Morgan fingerprint density at radius 3 is 2.55 bits per heavy atom. The minimum atomic E-state index is -1.07. The quantitative estimate of drug-likeness (QED) is 0.749. The zero-order valence-electron chi connectivity index (χ0n) is 17.8. The molecule has 1 aromatic rings. The number of rotatable bonds is 5. The summed E-state index contributed by atoms with van der Waals surface area (Å²) in [4.78, 5) is 39.9. The SMILES string of the molecule is Cc1ccc2c(c1)SC[C@H](NC(=O)OC(C)(C)C)C(=O)N2[C@@H](CC(C)C)C(=O)O. The van der Waals surface area contributed by atoms with E-state index >= 15 is 0 Å². The van der Waals surface area contributed by atoms with Crippen molar-refractivity contribution in [2.45, 2.75) is 70.5 Å². The molecule has 0 aromatic heterocycles. The lowest BCUT2D eigenvalue weighted by molar-refractivity contribution is -0.140. The molecule has 0 saturated heterocycles. The Kier molecular flexibility index (Phi) is 7.21. The second-order valence-corrected chi connectivity index (χ2v) is 9.73. The summed E-state index contributed by atoms with van der Waals surface area (Å²) < 4.78 is 5.29. The summed E-state index contributed by atoms with van der Waals surface area (Å²) in [6.07, 6.45) is -0.396. The van der Waals surface area contributed by atoms with Crippen LogP contribution in [0.2, 0.25) is 0 Å². The number of amides is 2. The van der Waals surface area contributed by atoms with Gasteiger partial charge in [0.1, 0.15) is 17.7 Å². The number of ether oxygens (including phenoxy) is 1. The molecular formula is C21H30N2O5S. The molecule has 0 radical (unpaired) electrons. The van der Waals surface area contributed by atoms with Gasteiger partial charge in [0.05, 0.1) is 5.69 Å². The van der Waals surface area contributed by atoms with Gasteiger partial charge in [-0.2, -0.15) is 0 Å². The number of carboxylic acid groups (broad SMARTS) is 1. The minimum absolute atomic E-state index is 0.0750. The first-order valence-corrected chi connectivity index (χ1v) is 10.7.